The van der Waals surface area contributed by atoms with Crippen molar-refractivity contribution < 1.29 is 9.53 Å². The quantitative estimate of drug-likeness (QED) is 0.0388. The molecule has 0 amide bonds. The molecule has 0 saturated heterocycles. The fourth-order valence-electron chi connectivity index (χ4n) is 7.14. The van der Waals surface area contributed by atoms with Crippen LogP contribution in [0, 0.1) is 5.92 Å². The normalized spacial score (nSPS) is 17.5. The molecule has 0 N–H and O–H groups in total. The number of hydrogen-bond donors (Lipinski definition) is 0. The van der Waals surface area contributed by atoms with Gasteiger partial charge in [-0.05, 0) is 117 Å². The Bertz CT molecular complexity index is 784. The van der Waals surface area contributed by atoms with Crippen molar-refractivity contribution in [2.75, 3.05) is 14.1 Å². The molecule has 0 aliphatic heterocycles. The Morgan fingerprint density at radius 1 is 0.562 bits per heavy atom. The average Bonchev–Trinajstić information content (AvgIpc) is 3.59. The van der Waals surface area contributed by atoms with E-state index < -0.39 is 0 Å². The molecule has 280 valence electrons. The molecule has 3 heteroatoms. The Labute approximate surface area is 301 Å². The van der Waals surface area contributed by atoms with Gasteiger partial charge in [-0.3, -0.25) is 4.79 Å². The van der Waals surface area contributed by atoms with Crippen molar-refractivity contribution in [1.82, 2.24) is 4.90 Å². The van der Waals surface area contributed by atoms with Gasteiger partial charge in [0.2, 0.25) is 0 Å². The summed E-state index contributed by atoms with van der Waals surface area (Å²) < 4.78 is 6.23. The largest absolute Gasteiger partial charge is 0.462 e. The van der Waals surface area contributed by atoms with Crippen molar-refractivity contribution in [2.24, 2.45) is 5.92 Å². The van der Waals surface area contributed by atoms with Gasteiger partial charge in [0.25, 0.3) is 0 Å². The van der Waals surface area contributed by atoms with Crippen molar-refractivity contribution in [1.29, 1.82) is 0 Å². The molecule has 1 fully saturated rings. The third-order valence-electron chi connectivity index (χ3n) is 10.5. The van der Waals surface area contributed by atoms with Gasteiger partial charge in [0.05, 0.1) is 5.92 Å². The van der Waals surface area contributed by atoms with Gasteiger partial charge in [0.15, 0.2) is 0 Å². The van der Waals surface area contributed by atoms with E-state index in [1.807, 2.05) is 0 Å². The summed E-state index contributed by atoms with van der Waals surface area (Å²) in [5.74, 6) is 0.199. The van der Waals surface area contributed by atoms with Crippen molar-refractivity contribution in [2.45, 2.75) is 225 Å². The number of nitrogens with zero attached hydrogens (tertiary/aromatic N) is 1. The molecule has 0 radical (unpaired) electrons. The van der Waals surface area contributed by atoms with Crippen molar-refractivity contribution in [3.8, 4) is 0 Å². The maximum absolute atomic E-state index is 13.1. The monoisotopic (exact) mass is 670 g/mol. The summed E-state index contributed by atoms with van der Waals surface area (Å²) in [7, 11) is 4.28. The Kier molecular flexibility index (Phi) is 31.7. The second-order valence-corrected chi connectivity index (χ2v) is 15.3. The Balaban J connectivity index is 2.19. The highest BCUT2D eigenvalue weighted by Gasteiger charge is 2.33. The summed E-state index contributed by atoms with van der Waals surface area (Å²) in [6, 6.07) is 0.532. The number of carbonyl (C=O) groups is 1. The lowest BCUT2D eigenvalue weighted by Crippen LogP contribution is -2.27. The van der Waals surface area contributed by atoms with Crippen LogP contribution in [0.4, 0.5) is 0 Å². The average molecular weight is 670 g/mol. The van der Waals surface area contributed by atoms with E-state index >= 15 is 0 Å². The number of allylic oxidation sites excluding steroid dienone is 6. The molecule has 0 heterocycles. The highest BCUT2D eigenvalue weighted by atomic mass is 16.5. The number of rotatable bonds is 34. The Morgan fingerprint density at radius 3 is 1.42 bits per heavy atom. The molecule has 1 saturated carbocycles. The zero-order chi connectivity index (χ0) is 34.8. The Hall–Kier alpha value is -1.35. The molecule has 0 aromatic rings. The van der Waals surface area contributed by atoms with E-state index in [0.717, 1.165) is 38.5 Å². The summed E-state index contributed by atoms with van der Waals surface area (Å²) in [6.45, 7) is 4.55. The summed E-state index contributed by atoms with van der Waals surface area (Å²) in [5, 5.41) is 0. The number of esters is 1. The van der Waals surface area contributed by atoms with E-state index in [-0.39, 0.29) is 18.0 Å². The molecule has 1 aliphatic rings. The standard InChI is InChI=1S/C45H83NO2/c1-5-7-9-11-13-15-17-19-21-23-25-27-29-31-33-35-37-44(48-45(47)42-39-40-43(41-42)46(3)4)38-36-34-32-30-28-26-24-22-20-18-16-14-12-10-8-6-2/h13,15,19-22,42-44H,5-12,14,16-18,23-41H2,1-4H3. The van der Waals surface area contributed by atoms with Gasteiger partial charge >= 0.3 is 5.97 Å². The zero-order valence-corrected chi connectivity index (χ0v) is 32.9. The Morgan fingerprint density at radius 2 is 0.958 bits per heavy atom. The molecule has 0 bridgehead atoms. The fraction of sp³-hybridized carbons (Fsp3) is 0.844. The van der Waals surface area contributed by atoms with E-state index in [1.54, 1.807) is 0 Å². The lowest BCUT2D eigenvalue weighted by atomic mass is 10.0. The lowest BCUT2D eigenvalue weighted by molar-refractivity contribution is -0.154. The second kappa shape index (κ2) is 34.1. The first-order valence-electron chi connectivity index (χ1n) is 21.4. The van der Waals surface area contributed by atoms with Crippen LogP contribution < -0.4 is 0 Å². The summed E-state index contributed by atoms with van der Waals surface area (Å²) >= 11 is 0. The van der Waals surface area contributed by atoms with Crippen LogP contribution in [-0.2, 0) is 9.53 Å². The van der Waals surface area contributed by atoms with Crippen LogP contribution >= 0.6 is 0 Å². The predicted molar refractivity (Wildman–Crippen MR) is 213 cm³/mol. The van der Waals surface area contributed by atoms with Crippen LogP contribution in [-0.4, -0.2) is 37.1 Å². The molecular weight excluding hydrogens is 587 g/mol. The topological polar surface area (TPSA) is 29.5 Å². The maximum atomic E-state index is 13.1. The minimum absolute atomic E-state index is 0.0916. The first-order valence-corrected chi connectivity index (χ1v) is 21.4. The molecule has 3 nitrogen and oxygen atoms in total. The molecule has 3 unspecified atom stereocenters. The summed E-state index contributed by atoms with van der Waals surface area (Å²) in [5.41, 5.74) is 0. The number of unbranched alkanes of at least 4 members (excludes halogenated alkanes) is 21. The highest BCUT2D eigenvalue weighted by molar-refractivity contribution is 5.73. The molecule has 0 spiro atoms. The number of carbonyl (C=O) groups excluding carboxylic acids is 1. The van der Waals surface area contributed by atoms with Crippen molar-refractivity contribution >= 4 is 5.97 Å². The maximum Gasteiger partial charge on any atom is 0.309 e. The fourth-order valence-corrected chi connectivity index (χ4v) is 7.14. The highest BCUT2D eigenvalue weighted by Crippen LogP contribution is 2.30. The summed E-state index contributed by atoms with van der Waals surface area (Å²) in [4.78, 5) is 15.4. The minimum Gasteiger partial charge on any atom is -0.462 e. The minimum atomic E-state index is 0.0916. The van der Waals surface area contributed by atoms with Crippen LogP contribution in [0.2, 0.25) is 0 Å². The predicted octanol–water partition coefficient (Wildman–Crippen LogP) is 14.3. The van der Waals surface area contributed by atoms with Crippen molar-refractivity contribution in [3.05, 3.63) is 36.5 Å². The third-order valence-corrected chi connectivity index (χ3v) is 10.5. The van der Waals surface area contributed by atoms with Gasteiger partial charge in [-0.2, -0.15) is 0 Å². The van der Waals surface area contributed by atoms with Gasteiger partial charge in [-0.25, -0.2) is 0 Å². The SMILES string of the molecule is CCCCCC=CCC=CCCCCCCCCC(CCCCCCCCC=CCCCCCCCC)OC(=O)C1CCC(N(C)C)C1. The van der Waals surface area contributed by atoms with Crippen LogP contribution in [0.15, 0.2) is 36.5 Å². The van der Waals surface area contributed by atoms with Crippen LogP contribution in [0.3, 0.4) is 0 Å². The molecular formula is C45H83NO2. The summed E-state index contributed by atoms with van der Waals surface area (Å²) in [6.07, 6.45) is 53.5. The third kappa shape index (κ3) is 27.5. The first-order chi connectivity index (χ1) is 23.6. The molecule has 0 aromatic carbocycles. The number of ether oxygens (including phenoxy) is 1. The van der Waals surface area contributed by atoms with E-state index in [4.69, 9.17) is 4.74 Å². The van der Waals surface area contributed by atoms with Crippen LogP contribution in [0.25, 0.3) is 0 Å². The van der Waals surface area contributed by atoms with Crippen molar-refractivity contribution in [3.63, 3.8) is 0 Å². The first kappa shape index (κ1) is 44.7. The lowest BCUT2D eigenvalue weighted by Gasteiger charge is -2.21. The van der Waals surface area contributed by atoms with Crippen LogP contribution in [0.1, 0.15) is 213 Å². The molecule has 3 atom stereocenters. The van der Waals surface area contributed by atoms with E-state index in [2.05, 4.69) is 69.3 Å². The molecule has 48 heavy (non-hydrogen) atoms. The zero-order valence-electron chi connectivity index (χ0n) is 32.9. The second-order valence-electron chi connectivity index (χ2n) is 15.3. The van der Waals surface area contributed by atoms with Gasteiger partial charge < -0.3 is 9.64 Å². The van der Waals surface area contributed by atoms with Crippen LogP contribution in [0.5, 0.6) is 0 Å². The van der Waals surface area contributed by atoms with Gasteiger partial charge in [0, 0.05) is 6.04 Å². The van der Waals surface area contributed by atoms with Gasteiger partial charge in [0.1, 0.15) is 6.10 Å². The van der Waals surface area contributed by atoms with Gasteiger partial charge in [-0.15, -0.1) is 0 Å². The molecule has 1 rings (SSSR count). The molecule has 1 aliphatic carbocycles. The molecule has 0 aromatic heterocycles. The van der Waals surface area contributed by atoms with E-state index in [1.165, 1.54) is 161 Å². The smallest absolute Gasteiger partial charge is 0.309 e. The van der Waals surface area contributed by atoms with Gasteiger partial charge in [-0.1, -0.05) is 147 Å². The number of hydrogen-bond acceptors (Lipinski definition) is 3. The van der Waals surface area contributed by atoms with E-state index in [9.17, 15) is 4.79 Å². The van der Waals surface area contributed by atoms with E-state index in [0.29, 0.717) is 6.04 Å².